The highest BCUT2D eigenvalue weighted by Gasteiger charge is 2.07. The zero-order valence-electron chi connectivity index (χ0n) is 9.94. The Morgan fingerprint density at radius 1 is 0.882 bits per heavy atom. The van der Waals surface area contributed by atoms with Gasteiger partial charge in [0, 0.05) is 5.56 Å². The molecule has 88 valence electrons. The molecule has 3 nitrogen and oxygen atoms in total. The van der Waals surface area contributed by atoms with Crippen LogP contribution in [-0.2, 0) is 0 Å². The van der Waals surface area contributed by atoms with Crippen LogP contribution in [0.15, 0.2) is 42.5 Å². The van der Waals surface area contributed by atoms with E-state index in [4.69, 9.17) is 15.2 Å². The van der Waals surface area contributed by atoms with Crippen molar-refractivity contribution in [2.75, 3.05) is 20.0 Å². The van der Waals surface area contributed by atoms with Crippen molar-refractivity contribution in [1.82, 2.24) is 0 Å². The fourth-order valence-electron chi connectivity index (χ4n) is 1.76. The molecule has 2 aromatic rings. The minimum atomic E-state index is 0.631. The van der Waals surface area contributed by atoms with Crippen molar-refractivity contribution in [1.29, 1.82) is 0 Å². The third-order valence-corrected chi connectivity index (χ3v) is 2.65. The molecule has 0 amide bonds. The molecule has 2 aromatic carbocycles. The molecule has 0 aliphatic heterocycles. The summed E-state index contributed by atoms with van der Waals surface area (Å²) in [5.41, 5.74) is 8.47. The lowest BCUT2D eigenvalue weighted by atomic mass is 10.0. The van der Waals surface area contributed by atoms with Crippen molar-refractivity contribution in [3.05, 3.63) is 42.5 Å². The van der Waals surface area contributed by atoms with Crippen molar-refractivity contribution in [3.8, 4) is 22.6 Å². The number of rotatable bonds is 3. The summed E-state index contributed by atoms with van der Waals surface area (Å²) in [5, 5.41) is 0. The molecule has 0 unspecified atom stereocenters. The van der Waals surface area contributed by atoms with Gasteiger partial charge in [-0.15, -0.1) is 0 Å². The third-order valence-electron chi connectivity index (χ3n) is 2.65. The second-order valence-electron chi connectivity index (χ2n) is 3.66. The molecule has 0 heterocycles. The number of hydrogen-bond acceptors (Lipinski definition) is 3. The number of anilines is 1. The van der Waals surface area contributed by atoms with Crippen LogP contribution in [-0.4, -0.2) is 14.2 Å². The summed E-state index contributed by atoms with van der Waals surface area (Å²) < 4.78 is 10.5. The topological polar surface area (TPSA) is 44.5 Å². The minimum absolute atomic E-state index is 0.631. The van der Waals surface area contributed by atoms with E-state index in [1.165, 1.54) is 0 Å². The van der Waals surface area contributed by atoms with Crippen LogP contribution in [0.4, 0.5) is 5.69 Å². The van der Waals surface area contributed by atoms with Crippen LogP contribution in [0.1, 0.15) is 0 Å². The Labute approximate surface area is 101 Å². The van der Waals surface area contributed by atoms with Gasteiger partial charge in [-0.2, -0.15) is 0 Å². The van der Waals surface area contributed by atoms with E-state index in [1.807, 2.05) is 42.5 Å². The summed E-state index contributed by atoms with van der Waals surface area (Å²) in [6, 6.07) is 13.5. The van der Waals surface area contributed by atoms with Gasteiger partial charge >= 0.3 is 0 Å². The van der Waals surface area contributed by atoms with Gasteiger partial charge in [0.25, 0.3) is 0 Å². The largest absolute Gasteiger partial charge is 0.496 e. The average Bonchev–Trinajstić information content (AvgIpc) is 2.39. The summed E-state index contributed by atoms with van der Waals surface area (Å²) in [6.45, 7) is 0. The first-order chi connectivity index (χ1) is 8.26. The molecular formula is C14H15NO2. The van der Waals surface area contributed by atoms with Crippen LogP contribution < -0.4 is 15.2 Å². The van der Waals surface area contributed by atoms with Gasteiger partial charge in [0.05, 0.1) is 19.9 Å². The standard InChI is InChI=1S/C14H15NO2/c1-16-13-6-4-3-5-11(13)10-7-8-12(15)14(9-10)17-2/h3-9H,15H2,1-2H3. The summed E-state index contributed by atoms with van der Waals surface area (Å²) >= 11 is 0. The minimum Gasteiger partial charge on any atom is -0.496 e. The van der Waals surface area contributed by atoms with Crippen LogP contribution in [0.25, 0.3) is 11.1 Å². The molecule has 0 aliphatic rings. The molecule has 0 radical (unpaired) electrons. The maximum absolute atomic E-state index is 5.79. The number of ether oxygens (including phenoxy) is 2. The zero-order valence-corrected chi connectivity index (χ0v) is 9.94. The smallest absolute Gasteiger partial charge is 0.142 e. The quantitative estimate of drug-likeness (QED) is 0.823. The second-order valence-corrected chi connectivity index (χ2v) is 3.66. The van der Waals surface area contributed by atoms with Crippen LogP contribution in [0.2, 0.25) is 0 Å². The van der Waals surface area contributed by atoms with Crippen molar-refractivity contribution in [2.24, 2.45) is 0 Å². The van der Waals surface area contributed by atoms with E-state index in [-0.39, 0.29) is 0 Å². The van der Waals surface area contributed by atoms with E-state index in [9.17, 15) is 0 Å². The third kappa shape index (κ3) is 2.18. The Morgan fingerprint density at radius 2 is 1.59 bits per heavy atom. The van der Waals surface area contributed by atoms with E-state index < -0.39 is 0 Å². The van der Waals surface area contributed by atoms with Gasteiger partial charge in [-0.1, -0.05) is 24.3 Å². The van der Waals surface area contributed by atoms with Gasteiger partial charge in [-0.3, -0.25) is 0 Å². The van der Waals surface area contributed by atoms with Gasteiger partial charge in [0.1, 0.15) is 11.5 Å². The Hall–Kier alpha value is -2.16. The molecule has 0 aliphatic carbocycles. The van der Waals surface area contributed by atoms with Crippen LogP contribution in [0, 0.1) is 0 Å². The maximum Gasteiger partial charge on any atom is 0.142 e. The molecular weight excluding hydrogens is 214 g/mol. The van der Waals surface area contributed by atoms with E-state index in [2.05, 4.69) is 0 Å². The van der Waals surface area contributed by atoms with Crippen molar-refractivity contribution < 1.29 is 9.47 Å². The molecule has 0 saturated carbocycles. The highest BCUT2D eigenvalue weighted by molar-refractivity contribution is 5.74. The summed E-state index contributed by atoms with van der Waals surface area (Å²) in [6.07, 6.45) is 0. The first-order valence-electron chi connectivity index (χ1n) is 5.33. The van der Waals surface area contributed by atoms with E-state index in [1.54, 1.807) is 14.2 Å². The van der Waals surface area contributed by atoms with E-state index >= 15 is 0 Å². The molecule has 0 fully saturated rings. The number of nitrogens with two attached hydrogens (primary N) is 1. The molecule has 2 rings (SSSR count). The van der Waals surface area contributed by atoms with Crippen LogP contribution in [0.5, 0.6) is 11.5 Å². The number of para-hydroxylation sites is 1. The fourth-order valence-corrected chi connectivity index (χ4v) is 1.76. The molecule has 17 heavy (non-hydrogen) atoms. The monoisotopic (exact) mass is 229 g/mol. The molecule has 0 bridgehead atoms. The Kier molecular flexibility index (Phi) is 3.19. The normalized spacial score (nSPS) is 10.0. The van der Waals surface area contributed by atoms with Gasteiger partial charge in [-0.25, -0.2) is 0 Å². The van der Waals surface area contributed by atoms with E-state index in [0.717, 1.165) is 16.9 Å². The summed E-state index contributed by atoms with van der Waals surface area (Å²) in [4.78, 5) is 0. The molecule has 0 saturated heterocycles. The van der Waals surface area contributed by atoms with Gasteiger partial charge < -0.3 is 15.2 Å². The highest BCUT2D eigenvalue weighted by Crippen LogP contribution is 2.33. The Balaban J connectivity index is 2.53. The number of nitrogen functional groups attached to an aromatic ring is 1. The fraction of sp³-hybridized carbons (Fsp3) is 0.143. The molecule has 3 heteroatoms. The lowest BCUT2D eigenvalue weighted by Gasteiger charge is -2.10. The molecule has 2 N–H and O–H groups in total. The van der Waals surface area contributed by atoms with Crippen molar-refractivity contribution in [2.45, 2.75) is 0 Å². The maximum atomic E-state index is 5.79. The summed E-state index contributed by atoms with van der Waals surface area (Å²) in [5.74, 6) is 1.51. The molecule has 0 spiro atoms. The van der Waals surface area contributed by atoms with Crippen LogP contribution in [0.3, 0.4) is 0 Å². The summed E-state index contributed by atoms with van der Waals surface area (Å²) in [7, 11) is 3.27. The Bertz CT molecular complexity index is 523. The molecule has 0 aromatic heterocycles. The van der Waals surface area contributed by atoms with E-state index in [0.29, 0.717) is 11.4 Å². The predicted octanol–water partition coefficient (Wildman–Crippen LogP) is 2.95. The highest BCUT2D eigenvalue weighted by atomic mass is 16.5. The Morgan fingerprint density at radius 3 is 2.29 bits per heavy atom. The van der Waals surface area contributed by atoms with Gasteiger partial charge in [0.15, 0.2) is 0 Å². The van der Waals surface area contributed by atoms with Gasteiger partial charge in [0.2, 0.25) is 0 Å². The number of methoxy groups -OCH3 is 2. The SMILES string of the molecule is COc1cc(-c2ccccc2OC)ccc1N. The van der Waals surface area contributed by atoms with Crippen molar-refractivity contribution >= 4 is 5.69 Å². The first-order valence-corrected chi connectivity index (χ1v) is 5.33. The van der Waals surface area contributed by atoms with Crippen LogP contribution >= 0.6 is 0 Å². The lowest BCUT2D eigenvalue weighted by molar-refractivity contribution is 0.415. The average molecular weight is 229 g/mol. The second kappa shape index (κ2) is 4.78. The zero-order chi connectivity index (χ0) is 12.3. The predicted molar refractivity (Wildman–Crippen MR) is 69.4 cm³/mol. The number of benzene rings is 2. The van der Waals surface area contributed by atoms with Gasteiger partial charge in [-0.05, 0) is 23.8 Å². The number of hydrogen-bond donors (Lipinski definition) is 1. The van der Waals surface area contributed by atoms with Crippen molar-refractivity contribution in [3.63, 3.8) is 0 Å². The molecule has 0 atom stereocenters. The first kappa shape index (κ1) is 11.3. The lowest BCUT2D eigenvalue weighted by Crippen LogP contribution is -1.93.